The monoisotopic (exact) mass is 388 g/mol. The van der Waals surface area contributed by atoms with Crippen LogP contribution in [0.25, 0.3) is 0 Å². The number of carbonyl (C=O) groups excluding carboxylic acids is 1. The smallest absolute Gasteiger partial charge is 0.231 e. The third-order valence-corrected chi connectivity index (χ3v) is 5.85. The molecule has 0 aliphatic rings. The molecular formula is C20H14ClFO3S. The van der Waals surface area contributed by atoms with Crippen LogP contribution in [-0.4, -0.2) is 14.2 Å². The summed E-state index contributed by atoms with van der Waals surface area (Å²) in [5, 5.41) is 0.220. The molecule has 0 radical (unpaired) electrons. The van der Waals surface area contributed by atoms with Gasteiger partial charge in [-0.05, 0) is 24.3 Å². The lowest BCUT2D eigenvalue weighted by Crippen LogP contribution is -2.14. The van der Waals surface area contributed by atoms with Crippen LogP contribution in [0.3, 0.4) is 0 Å². The second kappa shape index (κ2) is 7.40. The van der Waals surface area contributed by atoms with E-state index in [2.05, 4.69) is 0 Å². The zero-order chi connectivity index (χ0) is 18.7. The van der Waals surface area contributed by atoms with Gasteiger partial charge >= 0.3 is 0 Å². The number of halogens is 2. The Labute approximate surface area is 156 Å². The van der Waals surface area contributed by atoms with Crippen molar-refractivity contribution in [2.24, 2.45) is 0 Å². The Kier molecular flexibility index (Phi) is 5.20. The summed E-state index contributed by atoms with van der Waals surface area (Å²) < 4.78 is 40.3. The lowest BCUT2D eigenvalue weighted by molar-refractivity contribution is 0.103. The first kappa shape index (κ1) is 18.3. The van der Waals surface area contributed by atoms with Crippen LogP contribution in [0.1, 0.15) is 27.0 Å². The summed E-state index contributed by atoms with van der Waals surface area (Å²) in [7, 11) is -4.31. The summed E-state index contributed by atoms with van der Waals surface area (Å²) >= 11 is 5.96. The molecule has 132 valence electrons. The molecule has 0 saturated heterocycles. The van der Waals surface area contributed by atoms with E-state index in [0.717, 1.165) is 0 Å². The maximum atomic E-state index is 15.1. The van der Waals surface area contributed by atoms with E-state index < -0.39 is 21.1 Å². The molecule has 0 heterocycles. The summed E-state index contributed by atoms with van der Waals surface area (Å²) in [6.45, 7) is 0. The van der Waals surface area contributed by atoms with Crippen LogP contribution in [0.5, 0.6) is 0 Å². The Hall–Kier alpha value is -2.50. The molecule has 3 rings (SSSR count). The number of hydrogen-bond acceptors (Lipinski definition) is 3. The Morgan fingerprint density at radius 2 is 1.46 bits per heavy atom. The maximum Gasteiger partial charge on any atom is 0.231 e. The zero-order valence-electron chi connectivity index (χ0n) is 13.5. The van der Waals surface area contributed by atoms with E-state index in [0.29, 0.717) is 5.56 Å². The van der Waals surface area contributed by atoms with E-state index in [1.54, 1.807) is 36.4 Å². The standard InChI is InChI=1S/C20H14ClFO3S/c21-15-11-12-17(18(13-15)19(23)14-7-3-1-4-8-14)20(22)26(24,25)16-9-5-2-6-10-16/h1-13,20H. The van der Waals surface area contributed by atoms with Crippen molar-refractivity contribution in [3.8, 4) is 0 Å². The topological polar surface area (TPSA) is 51.2 Å². The molecule has 26 heavy (non-hydrogen) atoms. The van der Waals surface area contributed by atoms with Gasteiger partial charge < -0.3 is 0 Å². The lowest BCUT2D eigenvalue weighted by atomic mass is 9.99. The Morgan fingerprint density at radius 3 is 2.08 bits per heavy atom. The molecule has 0 aliphatic carbocycles. The van der Waals surface area contributed by atoms with Gasteiger partial charge in [0.05, 0.1) is 4.90 Å². The minimum absolute atomic E-state index is 0.0734. The highest BCUT2D eigenvalue weighted by molar-refractivity contribution is 7.91. The normalized spacial score (nSPS) is 12.5. The molecule has 0 fully saturated rings. The van der Waals surface area contributed by atoms with E-state index in [9.17, 15) is 13.2 Å². The molecule has 3 aromatic carbocycles. The zero-order valence-corrected chi connectivity index (χ0v) is 15.0. The summed E-state index contributed by atoms with van der Waals surface area (Å²) in [5.41, 5.74) is -2.37. The van der Waals surface area contributed by atoms with Crippen LogP contribution in [0.4, 0.5) is 4.39 Å². The van der Waals surface area contributed by atoms with Gasteiger partial charge in [0.2, 0.25) is 15.3 Å². The number of hydrogen-bond donors (Lipinski definition) is 0. The average Bonchev–Trinajstić information content (AvgIpc) is 2.68. The second-order valence-corrected chi connectivity index (χ2v) is 8.01. The van der Waals surface area contributed by atoms with Crippen molar-refractivity contribution in [3.63, 3.8) is 0 Å². The van der Waals surface area contributed by atoms with Crippen LogP contribution < -0.4 is 0 Å². The molecule has 6 heteroatoms. The van der Waals surface area contributed by atoms with Gasteiger partial charge in [-0.15, -0.1) is 0 Å². The molecule has 0 bridgehead atoms. The van der Waals surface area contributed by atoms with Crippen molar-refractivity contribution >= 4 is 27.2 Å². The van der Waals surface area contributed by atoms with Gasteiger partial charge in [0.25, 0.3) is 0 Å². The van der Waals surface area contributed by atoms with Gasteiger partial charge in [0, 0.05) is 21.7 Å². The van der Waals surface area contributed by atoms with E-state index >= 15 is 4.39 Å². The van der Waals surface area contributed by atoms with Gasteiger partial charge in [-0.3, -0.25) is 4.79 Å². The number of benzene rings is 3. The number of rotatable bonds is 5. The molecule has 0 aromatic heterocycles. The van der Waals surface area contributed by atoms with E-state index in [1.807, 2.05) is 0 Å². The fourth-order valence-corrected chi connectivity index (χ4v) is 4.05. The number of alkyl halides is 1. The van der Waals surface area contributed by atoms with Crippen LogP contribution in [0.2, 0.25) is 5.02 Å². The molecule has 0 amide bonds. The molecule has 1 atom stereocenters. The first-order valence-corrected chi connectivity index (χ1v) is 9.66. The molecule has 0 saturated carbocycles. The number of ketones is 1. The van der Waals surface area contributed by atoms with Gasteiger partial charge in [0.15, 0.2) is 5.78 Å². The highest BCUT2D eigenvalue weighted by atomic mass is 35.5. The summed E-state index contributed by atoms with van der Waals surface area (Å²) in [6, 6.07) is 19.4. The van der Waals surface area contributed by atoms with Crippen molar-refractivity contribution in [1.29, 1.82) is 0 Å². The van der Waals surface area contributed by atoms with E-state index in [-0.39, 0.29) is 21.0 Å². The minimum atomic E-state index is -4.31. The van der Waals surface area contributed by atoms with Crippen LogP contribution >= 0.6 is 11.6 Å². The van der Waals surface area contributed by atoms with Gasteiger partial charge in [-0.2, -0.15) is 0 Å². The maximum absolute atomic E-state index is 15.1. The van der Waals surface area contributed by atoms with Crippen LogP contribution in [0, 0.1) is 0 Å². The minimum Gasteiger partial charge on any atom is -0.289 e. The fourth-order valence-electron chi connectivity index (χ4n) is 2.56. The predicted octanol–water partition coefficient (Wildman–Crippen LogP) is 5.01. The summed E-state index contributed by atoms with van der Waals surface area (Å²) in [4.78, 5) is 12.6. The molecule has 3 aromatic rings. The SMILES string of the molecule is O=C(c1ccccc1)c1cc(Cl)ccc1C(F)S(=O)(=O)c1ccccc1. The quantitative estimate of drug-likeness (QED) is 0.577. The van der Waals surface area contributed by atoms with Crippen LogP contribution in [0.15, 0.2) is 83.8 Å². The molecule has 0 aliphatic heterocycles. The summed E-state index contributed by atoms with van der Waals surface area (Å²) in [5.74, 6) is -0.492. The highest BCUT2D eigenvalue weighted by Gasteiger charge is 2.32. The van der Waals surface area contributed by atoms with E-state index in [1.165, 1.54) is 42.5 Å². The molecule has 0 N–H and O–H groups in total. The predicted molar refractivity (Wildman–Crippen MR) is 98.8 cm³/mol. The Bertz CT molecular complexity index is 1040. The number of carbonyl (C=O) groups is 1. The molecule has 3 nitrogen and oxygen atoms in total. The summed E-state index contributed by atoms with van der Waals surface area (Å²) in [6.07, 6.45) is 0. The second-order valence-electron chi connectivity index (χ2n) is 5.60. The van der Waals surface area contributed by atoms with Gasteiger partial charge in [-0.1, -0.05) is 66.2 Å². The molecule has 0 spiro atoms. The van der Waals surface area contributed by atoms with Crippen molar-refractivity contribution < 1.29 is 17.6 Å². The van der Waals surface area contributed by atoms with Crippen molar-refractivity contribution in [2.75, 3.05) is 0 Å². The third kappa shape index (κ3) is 3.54. The first-order valence-electron chi connectivity index (χ1n) is 7.73. The van der Waals surface area contributed by atoms with Crippen molar-refractivity contribution in [2.45, 2.75) is 10.4 Å². The Morgan fingerprint density at radius 1 is 0.885 bits per heavy atom. The highest BCUT2D eigenvalue weighted by Crippen LogP contribution is 2.34. The van der Waals surface area contributed by atoms with Gasteiger partial charge in [0.1, 0.15) is 0 Å². The van der Waals surface area contributed by atoms with E-state index in [4.69, 9.17) is 11.6 Å². The molecular weight excluding hydrogens is 375 g/mol. The van der Waals surface area contributed by atoms with Crippen LogP contribution in [-0.2, 0) is 9.84 Å². The lowest BCUT2D eigenvalue weighted by Gasteiger charge is -2.14. The first-order chi connectivity index (χ1) is 12.4. The van der Waals surface area contributed by atoms with Crippen molar-refractivity contribution in [1.82, 2.24) is 0 Å². The van der Waals surface area contributed by atoms with Gasteiger partial charge in [-0.25, -0.2) is 12.8 Å². The number of sulfone groups is 1. The average molecular weight is 389 g/mol. The Balaban J connectivity index is 2.10. The fraction of sp³-hybridized carbons (Fsp3) is 0.0500. The largest absolute Gasteiger partial charge is 0.289 e. The van der Waals surface area contributed by atoms with Crippen molar-refractivity contribution in [3.05, 3.63) is 101 Å². The molecule has 1 unspecified atom stereocenters. The third-order valence-electron chi connectivity index (χ3n) is 3.88.